The van der Waals surface area contributed by atoms with Crippen molar-refractivity contribution in [2.75, 3.05) is 6.61 Å². The van der Waals surface area contributed by atoms with E-state index >= 15 is 0 Å². The first-order valence-corrected chi connectivity index (χ1v) is 7.82. The molecule has 3 rings (SSSR count). The van der Waals surface area contributed by atoms with Gasteiger partial charge in [0, 0.05) is 0 Å². The van der Waals surface area contributed by atoms with Gasteiger partial charge in [-0.1, -0.05) is 0 Å². The van der Waals surface area contributed by atoms with Crippen molar-refractivity contribution in [3.8, 4) is 0 Å². The first kappa shape index (κ1) is 54.1. The monoisotopic (exact) mass is 536 g/mol. The molecule has 0 bridgehead atoms. The number of ether oxygens (including phenoxy) is 1. The molecule has 1 saturated heterocycles. The van der Waals surface area contributed by atoms with Gasteiger partial charge in [0.2, 0.25) is 0 Å². The average Bonchev–Trinajstić information content (AvgIpc) is 3.01. The fraction of sp³-hybridized carbons (Fsp3) is 0.500. The number of H-pyrrole nitrogens is 1. The molecule has 0 radical (unpaired) electrons. The second-order valence-corrected chi connectivity index (χ2v) is 6.00. The summed E-state index contributed by atoms with van der Waals surface area (Å²) in [6.07, 6.45) is -3.11. The van der Waals surface area contributed by atoms with E-state index in [1.54, 1.807) is 0 Å². The van der Waals surface area contributed by atoms with E-state index in [-0.39, 0.29) is 114 Å². The third kappa shape index (κ3) is 12.0. The van der Waals surface area contributed by atoms with Crippen LogP contribution in [0.5, 0.6) is 0 Å². The molecule has 1 aliphatic heterocycles. The molecule has 190 valence electrons. The Morgan fingerprint density at radius 1 is 1.03 bits per heavy atom. The van der Waals surface area contributed by atoms with Crippen molar-refractivity contribution in [2.24, 2.45) is 0 Å². The summed E-state index contributed by atoms with van der Waals surface area (Å²) in [5, 5.41) is 19.9. The predicted octanol–water partition coefficient (Wildman–Crippen LogP) is -16.0. The maximum Gasteiger partial charge on any atom is 1.00 e. The van der Waals surface area contributed by atoms with E-state index in [0.29, 0.717) is 0 Å². The van der Waals surface area contributed by atoms with Crippen molar-refractivity contribution < 1.29 is 137 Å². The molecule has 2 aromatic heterocycles. The SMILES string of the molecule is O.O.O.O.O.O.O.O.O=c1[nH]cnc2c1ncn2[C@@H]1O[C@H](COP(=O)([O-])[O-])[C@@H](O)[C@H]1O.[Na+].[Na+]. The minimum atomic E-state index is -5.24. The molecule has 1 fully saturated rings. The van der Waals surface area contributed by atoms with Crippen LogP contribution in [0.1, 0.15) is 6.23 Å². The number of hydrogen-bond donors (Lipinski definition) is 3. The number of imidazole rings is 1. The molecule has 0 unspecified atom stereocenters. The van der Waals surface area contributed by atoms with Gasteiger partial charge in [0.05, 0.1) is 27.1 Å². The van der Waals surface area contributed by atoms with Crippen LogP contribution in [0.25, 0.3) is 11.2 Å². The summed E-state index contributed by atoms with van der Waals surface area (Å²) < 4.78 is 21.1. The number of aliphatic hydroxyl groups is 2. The second kappa shape index (κ2) is 21.3. The minimum absolute atomic E-state index is 0. The van der Waals surface area contributed by atoms with E-state index in [1.165, 1.54) is 10.9 Å². The van der Waals surface area contributed by atoms with Crippen LogP contribution in [0.15, 0.2) is 17.4 Å². The fourth-order valence-electron chi connectivity index (χ4n) is 2.31. The van der Waals surface area contributed by atoms with Crippen LogP contribution in [-0.2, 0) is 13.8 Å². The van der Waals surface area contributed by atoms with Crippen molar-refractivity contribution in [1.82, 2.24) is 19.5 Å². The summed E-state index contributed by atoms with van der Waals surface area (Å²) in [7, 11) is -5.24. The molecule has 0 amide bonds. The maximum absolute atomic E-state index is 11.6. The zero-order valence-electron chi connectivity index (χ0n) is 17.3. The fourth-order valence-corrected chi connectivity index (χ4v) is 2.64. The summed E-state index contributed by atoms with van der Waals surface area (Å²) in [4.78, 5) is 42.6. The molecule has 2 aromatic rings. The zero-order chi connectivity index (χ0) is 16.8. The summed E-state index contributed by atoms with van der Waals surface area (Å²) in [5.41, 5.74) is -0.397. The molecule has 19 N–H and O–H groups in total. The molecule has 1 aliphatic rings. The first-order valence-electron chi connectivity index (χ1n) is 6.36. The molecule has 20 nitrogen and oxygen atoms in total. The number of nitrogens with one attached hydrogen (secondary N) is 1. The zero-order valence-corrected chi connectivity index (χ0v) is 22.2. The Kier molecular flexibility index (Phi) is 34.9. The van der Waals surface area contributed by atoms with Crippen LogP contribution in [0.3, 0.4) is 0 Å². The quantitative estimate of drug-likeness (QED) is 0.244. The van der Waals surface area contributed by atoms with Crippen LogP contribution >= 0.6 is 7.82 Å². The summed E-state index contributed by atoms with van der Waals surface area (Å²) >= 11 is 0. The normalized spacial score (nSPS) is 19.9. The van der Waals surface area contributed by atoms with Crippen LogP contribution < -0.4 is 74.5 Å². The molecule has 0 saturated carbocycles. The van der Waals surface area contributed by atoms with E-state index in [1.807, 2.05) is 0 Å². The Labute approximate surface area is 228 Å². The van der Waals surface area contributed by atoms with E-state index in [0.717, 1.165) is 6.33 Å². The minimum Gasteiger partial charge on any atom is -0.790 e. The first-order chi connectivity index (χ1) is 10.8. The van der Waals surface area contributed by atoms with Gasteiger partial charge in [-0.2, -0.15) is 0 Å². The summed E-state index contributed by atoms with van der Waals surface area (Å²) in [6.45, 7) is -0.750. The van der Waals surface area contributed by atoms with Gasteiger partial charge in [0.15, 0.2) is 17.4 Å². The van der Waals surface area contributed by atoms with E-state index in [9.17, 15) is 29.4 Å². The number of aromatic nitrogens is 4. The summed E-state index contributed by atoms with van der Waals surface area (Å²) in [6, 6.07) is 0. The third-order valence-corrected chi connectivity index (χ3v) is 3.84. The molecule has 0 spiro atoms. The number of fused-ring (bicyclic) bond motifs is 1. The molecule has 0 aliphatic carbocycles. The number of phosphoric ester groups is 1. The van der Waals surface area contributed by atoms with Gasteiger partial charge in [-0.15, -0.1) is 0 Å². The molecule has 3 heterocycles. The summed E-state index contributed by atoms with van der Waals surface area (Å²) in [5.74, 6) is 0. The van der Waals surface area contributed by atoms with Gasteiger partial charge in [0.25, 0.3) is 5.56 Å². The third-order valence-electron chi connectivity index (χ3n) is 3.37. The molecular weight excluding hydrogens is 509 g/mol. The number of phosphoric acid groups is 1. The van der Waals surface area contributed by atoms with E-state index in [4.69, 9.17) is 4.74 Å². The van der Waals surface area contributed by atoms with Gasteiger partial charge in [-0.05, 0) is 0 Å². The van der Waals surface area contributed by atoms with Crippen molar-refractivity contribution in [1.29, 1.82) is 0 Å². The molecule has 23 heteroatoms. The average molecular weight is 536 g/mol. The van der Waals surface area contributed by atoms with Crippen molar-refractivity contribution >= 4 is 19.0 Å². The van der Waals surface area contributed by atoms with Crippen molar-refractivity contribution in [3.63, 3.8) is 0 Å². The maximum atomic E-state index is 11.6. The molecule has 33 heavy (non-hydrogen) atoms. The largest absolute Gasteiger partial charge is 1.00 e. The van der Waals surface area contributed by atoms with Gasteiger partial charge in [-0.25, -0.2) is 9.97 Å². The number of hydrogen-bond acceptors (Lipinski definition) is 10. The Balaban J connectivity index is -0.000000104. The topological polar surface area (TPSA) is 438 Å². The van der Waals surface area contributed by atoms with Crippen LogP contribution in [0.4, 0.5) is 0 Å². The van der Waals surface area contributed by atoms with E-state index < -0.39 is 44.5 Å². The number of aromatic amines is 1. The Hall–Kier alpha value is 0.0200. The molecule has 0 aromatic carbocycles. The van der Waals surface area contributed by atoms with Gasteiger partial charge >= 0.3 is 59.1 Å². The number of rotatable bonds is 4. The molecule has 4 atom stereocenters. The standard InChI is InChI=1S/C10H13N4O8P.2Na.8H2O/c15-6-4(1-21-23(18,19)20)22-10(7(6)16)14-3-13-5-8(14)11-2-12-9(5)17;;;;;;;;;;/h2-4,6-7,10,15-16H,1H2,(H,11,12,17)(H2,18,19,20);;;8*1H2/q;2*+1;;;;;;;;/p-2/t4-,6-,7-,10-;;;;;;;;;;/m1........../s1. The Morgan fingerprint density at radius 2 is 1.55 bits per heavy atom. The van der Waals surface area contributed by atoms with Crippen LogP contribution in [0.2, 0.25) is 0 Å². The van der Waals surface area contributed by atoms with Gasteiger partial charge in [0.1, 0.15) is 18.3 Å². The van der Waals surface area contributed by atoms with Gasteiger partial charge in [-0.3, -0.25) is 9.36 Å². The predicted molar refractivity (Wildman–Crippen MR) is 96.5 cm³/mol. The Bertz CT molecular complexity index is 835. The smallest absolute Gasteiger partial charge is 0.790 e. The van der Waals surface area contributed by atoms with Crippen molar-refractivity contribution in [3.05, 3.63) is 23.0 Å². The number of nitrogens with zero attached hydrogens (tertiary/aromatic N) is 3. The van der Waals surface area contributed by atoms with Gasteiger partial charge < -0.3 is 82.6 Å². The number of aliphatic hydroxyl groups excluding tert-OH is 2. The Morgan fingerprint density at radius 3 is 2.03 bits per heavy atom. The molecular formula is C10H27N4Na2O16P. The van der Waals surface area contributed by atoms with Crippen molar-refractivity contribution in [2.45, 2.75) is 24.5 Å². The second-order valence-electron chi connectivity index (χ2n) is 4.84. The van der Waals surface area contributed by atoms with E-state index in [2.05, 4.69) is 19.5 Å². The van der Waals surface area contributed by atoms with Crippen LogP contribution in [0, 0.1) is 0 Å². The van der Waals surface area contributed by atoms with Crippen LogP contribution in [-0.4, -0.2) is 98.5 Å².